The standard InChI is InChI=1S/C20H37N3O2.HI/c1-2-21-19(22-16-20(24)11-5-6-12-20)23-13-9-18(10-14-23)25-15-17-7-3-4-8-17;/h17-18,24H,2-16H2,1H3,(H,21,22);1H. The van der Waals surface area contributed by atoms with Gasteiger partial charge >= 0.3 is 0 Å². The Labute approximate surface area is 176 Å². The lowest BCUT2D eigenvalue weighted by Gasteiger charge is -2.35. The lowest BCUT2D eigenvalue weighted by Crippen LogP contribution is -2.47. The predicted octanol–water partition coefficient (Wildman–Crippen LogP) is 3.55. The van der Waals surface area contributed by atoms with Crippen LogP contribution in [0.3, 0.4) is 0 Å². The first-order valence-electron chi connectivity index (χ1n) is 10.6. The third-order valence-corrected chi connectivity index (χ3v) is 6.18. The predicted molar refractivity (Wildman–Crippen MR) is 117 cm³/mol. The number of guanidine groups is 1. The van der Waals surface area contributed by atoms with Crippen molar-refractivity contribution >= 4 is 29.9 Å². The first-order chi connectivity index (χ1) is 12.2. The van der Waals surface area contributed by atoms with E-state index in [1.165, 1.54) is 25.7 Å². The first kappa shape index (κ1) is 22.2. The molecule has 3 aliphatic rings. The summed E-state index contributed by atoms with van der Waals surface area (Å²) in [6, 6.07) is 0. The van der Waals surface area contributed by atoms with Gasteiger partial charge < -0.3 is 20.1 Å². The van der Waals surface area contributed by atoms with Gasteiger partial charge in [0.25, 0.3) is 0 Å². The first-order valence-corrected chi connectivity index (χ1v) is 10.6. The van der Waals surface area contributed by atoms with Crippen molar-refractivity contribution in [1.82, 2.24) is 10.2 Å². The highest BCUT2D eigenvalue weighted by Crippen LogP contribution is 2.30. The van der Waals surface area contributed by atoms with E-state index in [-0.39, 0.29) is 24.0 Å². The minimum Gasteiger partial charge on any atom is -0.388 e. The number of aliphatic hydroxyl groups is 1. The van der Waals surface area contributed by atoms with Gasteiger partial charge in [0.15, 0.2) is 5.96 Å². The van der Waals surface area contributed by atoms with E-state index >= 15 is 0 Å². The number of rotatable bonds is 6. The average Bonchev–Trinajstić information content (AvgIpc) is 3.29. The van der Waals surface area contributed by atoms with Crippen molar-refractivity contribution in [3.05, 3.63) is 0 Å². The van der Waals surface area contributed by atoms with Gasteiger partial charge in [0.1, 0.15) is 0 Å². The Morgan fingerprint density at radius 3 is 2.38 bits per heavy atom. The number of piperidine rings is 1. The number of hydrogen-bond acceptors (Lipinski definition) is 3. The van der Waals surface area contributed by atoms with E-state index in [0.717, 1.165) is 76.6 Å². The van der Waals surface area contributed by atoms with Gasteiger partial charge in [-0.3, -0.25) is 4.99 Å². The van der Waals surface area contributed by atoms with Crippen molar-refractivity contribution in [3.8, 4) is 0 Å². The zero-order valence-electron chi connectivity index (χ0n) is 16.4. The summed E-state index contributed by atoms with van der Waals surface area (Å²) in [4.78, 5) is 7.11. The molecule has 1 heterocycles. The molecule has 6 heteroatoms. The van der Waals surface area contributed by atoms with Crippen molar-refractivity contribution < 1.29 is 9.84 Å². The van der Waals surface area contributed by atoms with Crippen LogP contribution in [-0.2, 0) is 4.74 Å². The molecule has 1 aliphatic heterocycles. The summed E-state index contributed by atoms with van der Waals surface area (Å²) in [6.07, 6.45) is 12.1. The number of nitrogens with one attached hydrogen (secondary N) is 1. The molecule has 0 spiro atoms. The van der Waals surface area contributed by atoms with Crippen LogP contribution < -0.4 is 5.32 Å². The van der Waals surface area contributed by atoms with Gasteiger partial charge in [0, 0.05) is 26.2 Å². The van der Waals surface area contributed by atoms with Crippen LogP contribution in [0.25, 0.3) is 0 Å². The van der Waals surface area contributed by atoms with Crippen molar-refractivity contribution in [1.29, 1.82) is 0 Å². The van der Waals surface area contributed by atoms with Crippen LogP contribution in [0.5, 0.6) is 0 Å². The summed E-state index contributed by atoms with van der Waals surface area (Å²) in [6.45, 7) is 6.48. The van der Waals surface area contributed by atoms with Gasteiger partial charge in [-0.15, -0.1) is 24.0 Å². The Morgan fingerprint density at radius 1 is 1.12 bits per heavy atom. The number of likely N-dealkylation sites (tertiary alicyclic amines) is 1. The Hall–Kier alpha value is -0.0800. The summed E-state index contributed by atoms with van der Waals surface area (Å²) in [5.41, 5.74) is -0.566. The molecule has 0 unspecified atom stereocenters. The molecule has 1 saturated heterocycles. The summed E-state index contributed by atoms with van der Waals surface area (Å²) in [5.74, 6) is 1.78. The minimum atomic E-state index is -0.566. The quantitative estimate of drug-likeness (QED) is 0.348. The van der Waals surface area contributed by atoms with Crippen molar-refractivity contribution in [2.45, 2.75) is 82.8 Å². The van der Waals surface area contributed by atoms with E-state index in [1.54, 1.807) is 0 Å². The van der Waals surface area contributed by atoms with Gasteiger partial charge in [-0.25, -0.2) is 0 Å². The van der Waals surface area contributed by atoms with Crippen LogP contribution in [0.2, 0.25) is 0 Å². The van der Waals surface area contributed by atoms with Crippen molar-refractivity contribution in [3.63, 3.8) is 0 Å². The smallest absolute Gasteiger partial charge is 0.194 e. The Bertz CT molecular complexity index is 427. The molecule has 0 aromatic carbocycles. The van der Waals surface area contributed by atoms with Gasteiger partial charge in [0.2, 0.25) is 0 Å². The number of ether oxygens (including phenoxy) is 1. The maximum Gasteiger partial charge on any atom is 0.194 e. The Kier molecular flexibility index (Phi) is 9.44. The summed E-state index contributed by atoms with van der Waals surface area (Å²) in [7, 11) is 0. The maximum atomic E-state index is 10.5. The number of nitrogens with zero attached hydrogens (tertiary/aromatic N) is 2. The second-order valence-corrected chi connectivity index (χ2v) is 8.27. The molecule has 152 valence electrons. The molecule has 3 fully saturated rings. The van der Waals surface area contributed by atoms with Gasteiger partial charge in [-0.1, -0.05) is 25.7 Å². The molecule has 0 amide bonds. The largest absolute Gasteiger partial charge is 0.388 e. The zero-order valence-corrected chi connectivity index (χ0v) is 18.7. The Morgan fingerprint density at radius 2 is 1.77 bits per heavy atom. The molecule has 0 bridgehead atoms. The van der Waals surface area contributed by atoms with E-state index in [2.05, 4.69) is 17.1 Å². The minimum absolute atomic E-state index is 0. The fraction of sp³-hybridized carbons (Fsp3) is 0.950. The summed E-state index contributed by atoms with van der Waals surface area (Å²) < 4.78 is 6.19. The highest BCUT2D eigenvalue weighted by atomic mass is 127. The average molecular weight is 479 g/mol. The molecular weight excluding hydrogens is 441 g/mol. The molecule has 2 aliphatic carbocycles. The fourth-order valence-electron chi connectivity index (χ4n) is 4.52. The summed E-state index contributed by atoms with van der Waals surface area (Å²) >= 11 is 0. The van der Waals surface area contributed by atoms with Crippen LogP contribution in [-0.4, -0.2) is 60.5 Å². The highest BCUT2D eigenvalue weighted by Gasteiger charge is 2.31. The zero-order chi connectivity index (χ0) is 17.5. The molecule has 0 atom stereocenters. The molecular formula is C20H38IN3O2. The normalized spacial score (nSPS) is 24.7. The van der Waals surface area contributed by atoms with Crippen LogP contribution in [0.4, 0.5) is 0 Å². The van der Waals surface area contributed by atoms with E-state index in [4.69, 9.17) is 9.73 Å². The third-order valence-electron chi connectivity index (χ3n) is 6.18. The molecule has 2 saturated carbocycles. The molecule has 0 aromatic heterocycles. The SMILES string of the molecule is CCNC(=NCC1(O)CCCC1)N1CCC(OCC2CCCC2)CC1.I. The van der Waals surface area contributed by atoms with Crippen LogP contribution in [0, 0.1) is 5.92 Å². The summed E-state index contributed by atoms with van der Waals surface area (Å²) in [5, 5.41) is 14.0. The lowest BCUT2D eigenvalue weighted by atomic mass is 10.0. The molecule has 0 radical (unpaired) electrons. The van der Waals surface area contributed by atoms with E-state index in [1.807, 2.05) is 0 Å². The number of hydrogen-bond donors (Lipinski definition) is 2. The monoisotopic (exact) mass is 479 g/mol. The number of halogens is 1. The van der Waals surface area contributed by atoms with Crippen molar-refractivity contribution in [2.75, 3.05) is 32.8 Å². The molecule has 26 heavy (non-hydrogen) atoms. The van der Waals surface area contributed by atoms with Crippen molar-refractivity contribution in [2.24, 2.45) is 10.9 Å². The molecule has 2 N–H and O–H groups in total. The third kappa shape index (κ3) is 6.51. The molecule has 3 rings (SSSR count). The lowest BCUT2D eigenvalue weighted by molar-refractivity contribution is 0.000843. The van der Waals surface area contributed by atoms with Crippen LogP contribution in [0.1, 0.15) is 71.1 Å². The van der Waals surface area contributed by atoms with Crippen LogP contribution in [0.15, 0.2) is 4.99 Å². The van der Waals surface area contributed by atoms with Crippen LogP contribution >= 0.6 is 24.0 Å². The molecule has 0 aromatic rings. The van der Waals surface area contributed by atoms with E-state index in [9.17, 15) is 5.11 Å². The maximum absolute atomic E-state index is 10.5. The van der Waals surface area contributed by atoms with E-state index < -0.39 is 5.60 Å². The fourth-order valence-corrected chi connectivity index (χ4v) is 4.52. The second-order valence-electron chi connectivity index (χ2n) is 8.27. The number of aliphatic imine (C=N–C) groups is 1. The Balaban J connectivity index is 0.00000243. The second kappa shape index (κ2) is 11.1. The van der Waals surface area contributed by atoms with Gasteiger partial charge in [0.05, 0.1) is 18.2 Å². The highest BCUT2D eigenvalue weighted by molar-refractivity contribution is 14.0. The topological polar surface area (TPSA) is 57.1 Å². The van der Waals surface area contributed by atoms with Gasteiger partial charge in [-0.05, 0) is 51.4 Å². The molecule has 5 nitrogen and oxygen atoms in total. The van der Waals surface area contributed by atoms with Gasteiger partial charge in [-0.2, -0.15) is 0 Å². The van der Waals surface area contributed by atoms with E-state index in [0.29, 0.717) is 12.6 Å².